The summed E-state index contributed by atoms with van der Waals surface area (Å²) >= 11 is 2.09. The number of likely N-dealkylation sites (N-methyl/N-ethyl adjacent to an activating group) is 1. The topological polar surface area (TPSA) is 61.0 Å². The molecule has 0 saturated heterocycles. The van der Waals surface area contributed by atoms with Gasteiger partial charge in [0.25, 0.3) is 5.91 Å². The Hall–Kier alpha value is -0.630. The number of aromatic nitrogens is 2. The summed E-state index contributed by atoms with van der Waals surface area (Å²) in [5.41, 5.74) is 0.542. The smallest absolute Gasteiger partial charge is 0.270 e. The Balaban J connectivity index is 2.34. The lowest BCUT2D eigenvalue weighted by Gasteiger charge is -2.17. The largest absolute Gasteiger partial charge is 0.349 e. The van der Waals surface area contributed by atoms with Gasteiger partial charge in [-0.1, -0.05) is 13.8 Å². The summed E-state index contributed by atoms with van der Waals surface area (Å²) < 4.78 is 0.845. The fourth-order valence-electron chi connectivity index (χ4n) is 1.39. The molecule has 0 aliphatic carbocycles. The number of hydrogen-bond donors (Lipinski definition) is 2. The third-order valence-electron chi connectivity index (χ3n) is 2.43. The minimum absolute atomic E-state index is 0.0888. The Morgan fingerprint density at radius 1 is 1.56 bits per heavy atom. The minimum atomic E-state index is -0.0888. The van der Waals surface area contributed by atoms with E-state index in [1.807, 2.05) is 0 Å². The lowest BCUT2D eigenvalue weighted by Crippen LogP contribution is -2.35. The summed E-state index contributed by atoms with van der Waals surface area (Å²) in [5, 5.41) is 9.37. The lowest BCUT2D eigenvalue weighted by molar-refractivity contribution is 0.0943. The molecule has 1 heterocycles. The highest BCUT2D eigenvalue weighted by molar-refractivity contribution is 14.1. The Labute approximate surface area is 109 Å². The first-order valence-corrected chi connectivity index (χ1v) is 6.46. The van der Waals surface area contributed by atoms with Crippen LogP contribution in [0.15, 0.2) is 6.20 Å². The van der Waals surface area contributed by atoms with Crippen LogP contribution in [-0.4, -0.2) is 47.2 Å². The van der Waals surface area contributed by atoms with Crippen LogP contribution in [0.3, 0.4) is 0 Å². The van der Waals surface area contributed by atoms with E-state index < -0.39 is 0 Å². The van der Waals surface area contributed by atoms with Crippen LogP contribution in [0.4, 0.5) is 0 Å². The summed E-state index contributed by atoms with van der Waals surface area (Å²) in [6, 6.07) is 0. The highest BCUT2D eigenvalue weighted by atomic mass is 127. The van der Waals surface area contributed by atoms with Gasteiger partial charge in [0.15, 0.2) is 0 Å². The maximum atomic E-state index is 11.7. The molecule has 5 nitrogen and oxygen atoms in total. The zero-order chi connectivity index (χ0) is 12.0. The van der Waals surface area contributed by atoms with E-state index in [0.717, 1.165) is 23.2 Å². The number of halogens is 1. The number of nitrogens with zero attached hydrogens (tertiary/aromatic N) is 2. The number of H-pyrrole nitrogens is 1. The number of carbonyl (C=O) groups is 1. The molecule has 0 radical (unpaired) electrons. The predicted octanol–water partition coefficient (Wildman–Crippen LogP) is 1.09. The molecule has 0 spiro atoms. The van der Waals surface area contributed by atoms with Gasteiger partial charge in [-0.2, -0.15) is 5.10 Å². The molecule has 90 valence electrons. The van der Waals surface area contributed by atoms with Gasteiger partial charge in [-0.3, -0.25) is 9.89 Å². The zero-order valence-corrected chi connectivity index (χ0v) is 11.7. The molecule has 0 fully saturated rings. The van der Waals surface area contributed by atoms with Crippen LogP contribution in [0, 0.1) is 3.57 Å². The van der Waals surface area contributed by atoms with E-state index in [9.17, 15) is 4.79 Å². The number of aromatic amines is 1. The highest BCUT2D eigenvalue weighted by Gasteiger charge is 2.11. The third-order valence-corrected chi connectivity index (χ3v) is 3.25. The molecule has 0 aromatic carbocycles. The molecule has 1 rings (SSSR count). The molecule has 2 N–H and O–H groups in total. The van der Waals surface area contributed by atoms with Crippen LogP contribution < -0.4 is 5.32 Å². The second kappa shape index (κ2) is 6.85. The first-order valence-electron chi connectivity index (χ1n) is 5.38. The van der Waals surface area contributed by atoms with Crippen molar-refractivity contribution < 1.29 is 4.79 Å². The predicted molar refractivity (Wildman–Crippen MR) is 71.4 cm³/mol. The molecule has 0 bridgehead atoms. The Morgan fingerprint density at radius 3 is 2.75 bits per heavy atom. The maximum absolute atomic E-state index is 11.7. The summed E-state index contributed by atoms with van der Waals surface area (Å²) in [6.45, 7) is 7.79. The first kappa shape index (κ1) is 13.4. The van der Waals surface area contributed by atoms with Gasteiger partial charge in [0.05, 0.1) is 9.77 Å². The van der Waals surface area contributed by atoms with Crippen molar-refractivity contribution in [3.8, 4) is 0 Å². The van der Waals surface area contributed by atoms with Crippen LogP contribution >= 0.6 is 22.6 Å². The van der Waals surface area contributed by atoms with E-state index in [1.165, 1.54) is 0 Å². The summed E-state index contributed by atoms with van der Waals surface area (Å²) in [6.07, 6.45) is 1.64. The molecular formula is C10H17IN4O. The molecule has 0 unspecified atom stereocenters. The Bertz CT molecular complexity index is 335. The van der Waals surface area contributed by atoms with E-state index in [0.29, 0.717) is 12.2 Å². The van der Waals surface area contributed by atoms with Gasteiger partial charge in [0, 0.05) is 13.1 Å². The molecule has 0 atom stereocenters. The molecule has 1 aromatic rings. The van der Waals surface area contributed by atoms with Crippen molar-refractivity contribution in [3.05, 3.63) is 15.5 Å². The van der Waals surface area contributed by atoms with E-state index in [2.05, 4.69) is 56.9 Å². The van der Waals surface area contributed by atoms with Crippen molar-refractivity contribution in [2.24, 2.45) is 0 Å². The molecular weight excluding hydrogens is 319 g/mol. The summed E-state index contributed by atoms with van der Waals surface area (Å²) in [4.78, 5) is 13.9. The van der Waals surface area contributed by atoms with Crippen molar-refractivity contribution in [2.75, 3.05) is 26.2 Å². The van der Waals surface area contributed by atoms with Crippen molar-refractivity contribution in [1.29, 1.82) is 0 Å². The van der Waals surface area contributed by atoms with Crippen molar-refractivity contribution in [2.45, 2.75) is 13.8 Å². The fraction of sp³-hybridized carbons (Fsp3) is 0.600. The monoisotopic (exact) mass is 336 g/mol. The fourth-order valence-corrected chi connectivity index (χ4v) is 1.89. The van der Waals surface area contributed by atoms with E-state index in [4.69, 9.17) is 0 Å². The molecule has 1 amide bonds. The molecule has 0 aliphatic rings. The number of nitrogens with one attached hydrogen (secondary N) is 2. The molecule has 16 heavy (non-hydrogen) atoms. The summed E-state index contributed by atoms with van der Waals surface area (Å²) in [5.74, 6) is -0.0888. The van der Waals surface area contributed by atoms with Gasteiger partial charge in [-0.05, 0) is 35.7 Å². The van der Waals surface area contributed by atoms with E-state index in [-0.39, 0.29) is 5.91 Å². The van der Waals surface area contributed by atoms with Gasteiger partial charge in [-0.25, -0.2) is 0 Å². The van der Waals surface area contributed by atoms with Crippen molar-refractivity contribution in [3.63, 3.8) is 0 Å². The Kier molecular flexibility index (Phi) is 5.75. The SMILES string of the molecule is CCN(CC)CCNC(=O)c1[nH]ncc1I. The van der Waals surface area contributed by atoms with Crippen LogP contribution in [0.5, 0.6) is 0 Å². The zero-order valence-electron chi connectivity index (χ0n) is 9.59. The number of carbonyl (C=O) groups excluding carboxylic acids is 1. The molecule has 0 aliphatic heterocycles. The van der Waals surface area contributed by atoms with Crippen LogP contribution in [0.25, 0.3) is 0 Å². The number of hydrogen-bond acceptors (Lipinski definition) is 3. The molecule has 6 heteroatoms. The van der Waals surface area contributed by atoms with Crippen LogP contribution in [-0.2, 0) is 0 Å². The quantitative estimate of drug-likeness (QED) is 0.765. The van der Waals surface area contributed by atoms with Gasteiger partial charge < -0.3 is 10.2 Å². The third kappa shape index (κ3) is 3.75. The van der Waals surface area contributed by atoms with E-state index in [1.54, 1.807) is 6.20 Å². The first-order chi connectivity index (χ1) is 7.69. The second-order valence-corrected chi connectivity index (χ2v) is 4.54. The van der Waals surface area contributed by atoms with Crippen LogP contribution in [0.1, 0.15) is 24.3 Å². The summed E-state index contributed by atoms with van der Waals surface area (Å²) in [7, 11) is 0. The average molecular weight is 336 g/mol. The Morgan fingerprint density at radius 2 is 2.25 bits per heavy atom. The van der Waals surface area contributed by atoms with Crippen molar-refractivity contribution in [1.82, 2.24) is 20.4 Å². The molecule has 1 aromatic heterocycles. The minimum Gasteiger partial charge on any atom is -0.349 e. The average Bonchev–Trinajstić information content (AvgIpc) is 2.70. The lowest BCUT2D eigenvalue weighted by atomic mass is 10.4. The van der Waals surface area contributed by atoms with Gasteiger partial charge in [0.1, 0.15) is 5.69 Å². The number of amides is 1. The van der Waals surface area contributed by atoms with E-state index >= 15 is 0 Å². The highest BCUT2D eigenvalue weighted by Crippen LogP contribution is 2.06. The normalized spacial score (nSPS) is 10.8. The van der Waals surface area contributed by atoms with Crippen molar-refractivity contribution >= 4 is 28.5 Å². The van der Waals surface area contributed by atoms with Crippen LogP contribution in [0.2, 0.25) is 0 Å². The van der Waals surface area contributed by atoms with Gasteiger partial charge in [-0.15, -0.1) is 0 Å². The second-order valence-electron chi connectivity index (χ2n) is 3.38. The molecule has 0 saturated carbocycles. The number of rotatable bonds is 6. The van der Waals surface area contributed by atoms with Gasteiger partial charge in [0.2, 0.25) is 0 Å². The standard InChI is InChI=1S/C10H17IN4O/c1-3-15(4-2)6-5-12-10(16)9-8(11)7-13-14-9/h7H,3-6H2,1-2H3,(H,12,16)(H,13,14). The van der Waals surface area contributed by atoms with Gasteiger partial charge >= 0.3 is 0 Å². The maximum Gasteiger partial charge on any atom is 0.270 e.